The molecule has 6 rings (SSSR count). The molecule has 0 radical (unpaired) electrons. The molecule has 4 aromatic rings. The van der Waals surface area contributed by atoms with Crippen molar-refractivity contribution in [2.45, 2.75) is 117 Å². The molecule has 1 saturated carbocycles. The number of nitrogens with zero attached hydrogens (tertiary/aromatic N) is 5. The number of amides is 3. The predicted molar refractivity (Wildman–Crippen MR) is 208 cm³/mol. The minimum Gasteiger partial charge on any atom is -0.444 e. The highest BCUT2D eigenvalue weighted by atomic mass is 19.3. The molecule has 3 aromatic heterocycles. The van der Waals surface area contributed by atoms with Crippen molar-refractivity contribution >= 4 is 23.7 Å². The van der Waals surface area contributed by atoms with Crippen molar-refractivity contribution in [3.05, 3.63) is 83.3 Å². The van der Waals surface area contributed by atoms with Gasteiger partial charge in [0.05, 0.1) is 11.8 Å². The second-order valence-electron chi connectivity index (χ2n) is 17.2. The molecule has 3 N–H and O–H groups in total. The monoisotopic (exact) mass is 803 g/mol. The summed E-state index contributed by atoms with van der Waals surface area (Å²) >= 11 is 0. The van der Waals surface area contributed by atoms with Crippen molar-refractivity contribution in [3.63, 3.8) is 0 Å². The third kappa shape index (κ3) is 10.7. The Morgan fingerprint density at radius 2 is 1.78 bits per heavy atom. The molecule has 58 heavy (non-hydrogen) atoms. The summed E-state index contributed by atoms with van der Waals surface area (Å²) in [5.74, 6) is -0.514. The molecule has 310 valence electrons. The van der Waals surface area contributed by atoms with Crippen molar-refractivity contribution in [3.8, 4) is 17.1 Å². The van der Waals surface area contributed by atoms with E-state index >= 15 is 0 Å². The highest BCUT2D eigenvalue weighted by Crippen LogP contribution is 2.34. The Morgan fingerprint density at radius 1 is 1.05 bits per heavy atom. The number of aromatic nitrogens is 4. The number of likely N-dealkylation sites (tertiary alicyclic amines) is 1. The van der Waals surface area contributed by atoms with Gasteiger partial charge < -0.3 is 29.8 Å². The first-order valence-corrected chi connectivity index (χ1v) is 19.5. The van der Waals surface area contributed by atoms with Gasteiger partial charge in [0.15, 0.2) is 5.78 Å². The van der Waals surface area contributed by atoms with E-state index in [0.717, 1.165) is 24.5 Å². The lowest BCUT2D eigenvalue weighted by atomic mass is 9.85. The van der Waals surface area contributed by atoms with Gasteiger partial charge in [0.25, 0.3) is 6.43 Å². The molecule has 1 aliphatic carbocycles. The van der Waals surface area contributed by atoms with Crippen LogP contribution in [0.5, 0.6) is 0 Å². The molecule has 2 aliphatic rings. The van der Waals surface area contributed by atoms with Gasteiger partial charge in [-0.15, -0.1) is 0 Å². The fourth-order valence-electron chi connectivity index (χ4n) is 6.80. The number of aliphatic hydroxyl groups is 1. The average Bonchev–Trinajstić information content (AvgIpc) is 3.49. The third-order valence-corrected chi connectivity index (χ3v) is 10.0. The van der Waals surface area contributed by atoms with E-state index < -0.39 is 65.0 Å². The number of nitrogens with one attached hydrogen (secondary N) is 2. The Kier molecular flexibility index (Phi) is 12.4. The van der Waals surface area contributed by atoms with Crippen molar-refractivity contribution in [2.24, 2.45) is 11.3 Å². The van der Waals surface area contributed by atoms with E-state index in [9.17, 15) is 33.1 Å². The summed E-state index contributed by atoms with van der Waals surface area (Å²) in [6.45, 7) is 10.4. The first-order chi connectivity index (χ1) is 27.3. The maximum atomic E-state index is 14.1. The largest absolute Gasteiger partial charge is 0.444 e. The van der Waals surface area contributed by atoms with Crippen LogP contribution in [0.15, 0.2) is 59.5 Å². The molecule has 3 amide bonds. The third-order valence-electron chi connectivity index (χ3n) is 10.0. The number of β-amino-alcohol motifs (C(OH)–C–C–N with tert-alkyl or cyclic N) is 1. The van der Waals surface area contributed by atoms with Gasteiger partial charge in [-0.3, -0.25) is 19.4 Å². The number of hydrogen-bond donors (Lipinski definition) is 3. The first-order valence-electron chi connectivity index (χ1n) is 19.5. The van der Waals surface area contributed by atoms with Crippen LogP contribution >= 0.6 is 0 Å². The second kappa shape index (κ2) is 17.1. The SMILES string of the molecule is CC(C)(C)OC(=O)N[C@H](C(=O)N1C[C@H](O)C[C@H]1C(=O)NCc1ccc(-n2cc(CC(=O)c3coc(-c4ccnc(CCC5CC5)c4)n3)c(C(F)F)n2)cc1)C(C)(C)C. The van der Waals surface area contributed by atoms with Crippen LogP contribution < -0.4 is 10.6 Å². The Bertz CT molecular complexity index is 2120. The first kappa shape index (κ1) is 42.1. The van der Waals surface area contributed by atoms with Gasteiger partial charge in [-0.2, -0.15) is 5.10 Å². The number of ether oxygens (including phenoxy) is 1. The summed E-state index contributed by atoms with van der Waals surface area (Å²) in [5.41, 5.74) is 0.679. The van der Waals surface area contributed by atoms with E-state index in [2.05, 4.69) is 25.7 Å². The van der Waals surface area contributed by atoms with Crippen LogP contribution in [0.3, 0.4) is 0 Å². The van der Waals surface area contributed by atoms with Crippen molar-refractivity contribution in [1.82, 2.24) is 35.3 Å². The number of aryl methyl sites for hydroxylation is 1. The molecule has 1 aromatic carbocycles. The number of ketones is 1. The standard InChI is InChI=1S/C42H51F2N7O7/c1-41(2,3)35(48-40(56)58-42(4,5)6)39(55)50-22-30(52)19-32(50)37(54)46-20-25-10-13-29(14-11-25)51-21-27(34(49-51)36(43)44)18-33(53)31-23-57-38(47-31)26-15-16-45-28(17-26)12-9-24-7-8-24/h10-11,13-17,21,23-24,30,32,35-36,52H,7-9,12,18-20,22H2,1-6H3,(H,46,54)(H,48,56)/t30-,32+,35-/m1/s1. The molecule has 0 unspecified atom stereocenters. The van der Waals surface area contributed by atoms with E-state index in [1.165, 1.54) is 34.9 Å². The summed E-state index contributed by atoms with van der Waals surface area (Å²) < 4.78 is 40.5. The molecule has 0 bridgehead atoms. The molecule has 3 atom stereocenters. The van der Waals surface area contributed by atoms with E-state index in [1.54, 1.807) is 78.1 Å². The molecule has 1 saturated heterocycles. The number of pyridine rings is 1. The number of Topliss-reactive ketones (excluding diaryl/α,β-unsaturated/α-hetero) is 1. The zero-order valence-electron chi connectivity index (χ0n) is 33.6. The molecule has 16 heteroatoms. The lowest BCUT2D eigenvalue weighted by Crippen LogP contribution is -2.58. The highest BCUT2D eigenvalue weighted by molar-refractivity contribution is 5.96. The van der Waals surface area contributed by atoms with E-state index in [0.29, 0.717) is 16.8 Å². The smallest absolute Gasteiger partial charge is 0.408 e. The molecular formula is C42H51F2N7O7. The van der Waals surface area contributed by atoms with Crippen LogP contribution in [0.25, 0.3) is 17.1 Å². The van der Waals surface area contributed by atoms with Gasteiger partial charge in [-0.1, -0.05) is 45.7 Å². The lowest BCUT2D eigenvalue weighted by Gasteiger charge is -2.35. The second-order valence-corrected chi connectivity index (χ2v) is 17.2. The highest BCUT2D eigenvalue weighted by Gasteiger charge is 2.45. The minimum absolute atomic E-state index is 0.0109. The number of aliphatic hydroxyl groups excluding tert-OH is 1. The van der Waals surface area contributed by atoms with Crippen molar-refractivity contribution in [1.29, 1.82) is 0 Å². The minimum atomic E-state index is -2.94. The van der Waals surface area contributed by atoms with Crippen molar-refractivity contribution in [2.75, 3.05) is 6.54 Å². The predicted octanol–water partition coefficient (Wildman–Crippen LogP) is 6.15. The Balaban J connectivity index is 1.07. The van der Waals surface area contributed by atoms with Crippen LogP contribution in [0.2, 0.25) is 0 Å². The number of carbonyl (C=O) groups is 4. The number of alkyl halides is 2. The Hall–Kier alpha value is -5.51. The fourth-order valence-corrected chi connectivity index (χ4v) is 6.80. The van der Waals surface area contributed by atoms with Gasteiger partial charge in [0.2, 0.25) is 17.7 Å². The molecule has 14 nitrogen and oxygen atoms in total. The van der Waals surface area contributed by atoms with Gasteiger partial charge in [-0.05, 0) is 74.8 Å². The van der Waals surface area contributed by atoms with Gasteiger partial charge in [-0.25, -0.2) is 23.2 Å². The number of benzene rings is 1. The molecule has 1 aliphatic heterocycles. The normalized spacial score (nSPS) is 17.7. The molecule has 4 heterocycles. The number of alkyl carbamates (subject to hydrolysis) is 1. The van der Waals surface area contributed by atoms with E-state index in [4.69, 9.17) is 9.15 Å². The summed E-state index contributed by atoms with van der Waals surface area (Å²) in [5, 5.41) is 20.0. The van der Waals surface area contributed by atoms with Gasteiger partial charge in [0.1, 0.15) is 35.3 Å². The maximum absolute atomic E-state index is 14.1. The summed E-state index contributed by atoms with van der Waals surface area (Å²) in [6, 6.07) is 8.25. The van der Waals surface area contributed by atoms with Crippen LogP contribution in [-0.4, -0.2) is 83.8 Å². The zero-order valence-corrected chi connectivity index (χ0v) is 33.6. The number of oxazole rings is 1. The van der Waals surface area contributed by atoms with E-state index in [-0.39, 0.29) is 43.1 Å². The summed E-state index contributed by atoms with van der Waals surface area (Å²) in [7, 11) is 0. The number of rotatable bonds is 14. The zero-order chi connectivity index (χ0) is 41.9. The fraction of sp³-hybridized carbons (Fsp3) is 0.500. The van der Waals surface area contributed by atoms with Gasteiger partial charge in [0, 0.05) is 55.1 Å². The van der Waals surface area contributed by atoms with Crippen LogP contribution in [0.1, 0.15) is 107 Å². The molecule has 2 fully saturated rings. The average molecular weight is 804 g/mol. The summed E-state index contributed by atoms with van der Waals surface area (Å²) in [6.07, 6.45) is 3.69. The number of carbonyl (C=O) groups excluding carboxylic acids is 4. The molecule has 0 spiro atoms. The number of halogens is 2. The van der Waals surface area contributed by atoms with Crippen LogP contribution in [-0.2, 0) is 33.7 Å². The molecular weight excluding hydrogens is 752 g/mol. The van der Waals surface area contributed by atoms with Crippen LogP contribution in [0, 0.1) is 11.3 Å². The van der Waals surface area contributed by atoms with E-state index in [1.807, 2.05) is 6.07 Å². The maximum Gasteiger partial charge on any atom is 0.408 e. The quantitative estimate of drug-likeness (QED) is 0.125. The van der Waals surface area contributed by atoms with Crippen molar-refractivity contribution < 1.29 is 42.2 Å². The summed E-state index contributed by atoms with van der Waals surface area (Å²) in [4.78, 5) is 63.1. The topological polar surface area (TPSA) is 182 Å². The lowest BCUT2D eigenvalue weighted by molar-refractivity contribution is -0.142. The van der Waals surface area contributed by atoms with Crippen LogP contribution in [0.4, 0.5) is 13.6 Å². The Morgan fingerprint density at radius 3 is 2.43 bits per heavy atom. The number of hydrogen-bond acceptors (Lipinski definition) is 10. The Labute approximate surface area is 335 Å². The van der Waals surface area contributed by atoms with Gasteiger partial charge >= 0.3 is 6.09 Å².